The van der Waals surface area contributed by atoms with Crippen LogP contribution in [-0.2, 0) is 0 Å². The molecule has 0 saturated heterocycles. The second-order valence-corrected chi connectivity index (χ2v) is 4.20. The summed E-state index contributed by atoms with van der Waals surface area (Å²) in [4.78, 5) is 26.3. The summed E-state index contributed by atoms with van der Waals surface area (Å²) in [6, 6.07) is 6.60. The van der Waals surface area contributed by atoms with Crippen molar-refractivity contribution in [2.75, 3.05) is 5.32 Å². The van der Waals surface area contributed by atoms with Gasteiger partial charge in [-0.25, -0.2) is 14.2 Å². The number of carbonyl (C=O) groups is 2. The topological polar surface area (TPSA) is 79.3 Å². The van der Waals surface area contributed by atoms with Crippen molar-refractivity contribution in [3.8, 4) is 0 Å². The largest absolute Gasteiger partial charge is 0.477 e. The lowest BCUT2D eigenvalue weighted by atomic mass is 10.2. The first kappa shape index (κ1) is 14.0. The van der Waals surface area contributed by atoms with Crippen molar-refractivity contribution in [2.24, 2.45) is 0 Å². The zero-order valence-corrected chi connectivity index (χ0v) is 10.7. The number of carbonyl (C=O) groups excluding carboxylic acids is 1. The number of hydrogen-bond acceptors (Lipinski definition) is 3. The number of hydrogen-bond donors (Lipinski definition) is 2. The molecule has 0 aliphatic carbocycles. The van der Waals surface area contributed by atoms with E-state index in [0.717, 1.165) is 0 Å². The lowest BCUT2D eigenvalue weighted by molar-refractivity contribution is 0.0690. The standard InChI is InChI=1S/C13H8ClFN2O3/c14-9-3-1-2-8(11(9)15)12(18)17-7-4-5-16-10(6-7)13(19)20/h1-6H,(H,19,20)(H,16,17,18). The Morgan fingerprint density at radius 3 is 2.75 bits per heavy atom. The van der Waals surface area contributed by atoms with E-state index in [2.05, 4.69) is 10.3 Å². The molecule has 0 saturated carbocycles. The highest BCUT2D eigenvalue weighted by Crippen LogP contribution is 2.19. The molecule has 0 fully saturated rings. The molecule has 2 aromatic rings. The fraction of sp³-hybridized carbons (Fsp3) is 0. The molecule has 0 spiro atoms. The summed E-state index contributed by atoms with van der Waals surface area (Å²) in [7, 11) is 0. The molecular weight excluding hydrogens is 287 g/mol. The number of rotatable bonds is 3. The van der Waals surface area contributed by atoms with Crippen molar-refractivity contribution in [3.63, 3.8) is 0 Å². The van der Waals surface area contributed by atoms with E-state index < -0.39 is 17.7 Å². The van der Waals surface area contributed by atoms with Crippen molar-refractivity contribution in [2.45, 2.75) is 0 Å². The van der Waals surface area contributed by atoms with Crippen molar-refractivity contribution < 1.29 is 19.1 Å². The van der Waals surface area contributed by atoms with Crippen molar-refractivity contribution in [1.82, 2.24) is 4.98 Å². The zero-order valence-electron chi connectivity index (χ0n) is 9.93. The maximum absolute atomic E-state index is 13.7. The number of carboxylic acids is 1. The molecule has 0 atom stereocenters. The van der Waals surface area contributed by atoms with Gasteiger partial charge in [-0.1, -0.05) is 17.7 Å². The van der Waals surface area contributed by atoms with Gasteiger partial charge in [0.25, 0.3) is 5.91 Å². The monoisotopic (exact) mass is 294 g/mol. The Bertz CT molecular complexity index is 691. The summed E-state index contributed by atoms with van der Waals surface area (Å²) >= 11 is 5.58. The first-order valence-electron chi connectivity index (χ1n) is 5.44. The highest BCUT2D eigenvalue weighted by Gasteiger charge is 2.15. The molecule has 0 bridgehead atoms. The minimum absolute atomic E-state index is 0.168. The molecule has 7 heteroatoms. The first-order valence-corrected chi connectivity index (χ1v) is 5.81. The summed E-state index contributed by atoms with van der Waals surface area (Å²) in [6.07, 6.45) is 1.23. The number of amides is 1. The van der Waals surface area contributed by atoms with Crippen molar-refractivity contribution in [3.05, 3.63) is 58.6 Å². The Morgan fingerprint density at radius 2 is 2.05 bits per heavy atom. The van der Waals surface area contributed by atoms with Crippen LogP contribution >= 0.6 is 11.6 Å². The number of carboxylic acid groups (broad SMARTS) is 1. The molecule has 1 aromatic heterocycles. The second kappa shape index (κ2) is 5.66. The second-order valence-electron chi connectivity index (χ2n) is 3.79. The van der Waals surface area contributed by atoms with Gasteiger partial charge < -0.3 is 10.4 Å². The number of aromatic carboxylic acids is 1. The average Bonchev–Trinajstić information content (AvgIpc) is 2.42. The number of aromatic nitrogens is 1. The van der Waals surface area contributed by atoms with E-state index in [9.17, 15) is 14.0 Å². The van der Waals surface area contributed by atoms with E-state index in [4.69, 9.17) is 16.7 Å². The fourth-order valence-electron chi connectivity index (χ4n) is 1.50. The van der Waals surface area contributed by atoms with Crippen LogP contribution in [0, 0.1) is 5.82 Å². The van der Waals surface area contributed by atoms with Gasteiger partial charge in [-0.3, -0.25) is 4.79 Å². The number of pyridine rings is 1. The number of nitrogens with one attached hydrogen (secondary N) is 1. The highest BCUT2D eigenvalue weighted by molar-refractivity contribution is 6.31. The summed E-state index contributed by atoms with van der Waals surface area (Å²) in [5.74, 6) is -2.79. The predicted molar refractivity (Wildman–Crippen MR) is 70.6 cm³/mol. The molecule has 20 heavy (non-hydrogen) atoms. The minimum atomic E-state index is -1.23. The normalized spacial score (nSPS) is 10.1. The van der Waals surface area contributed by atoms with Gasteiger partial charge >= 0.3 is 5.97 Å². The molecule has 1 heterocycles. The zero-order chi connectivity index (χ0) is 14.7. The molecule has 5 nitrogen and oxygen atoms in total. The smallest absolute Gasteiger partial charge is 0.354 e. The Morgan fingerprint density at radius 1 is 1.30 bits per heavy atom. The van der Waals surface area contributed by atoms with Gasteiger partial charge in [0.15, 0.2) is 5.82 Å². The summed E-state index contributed by atoms with van der Waals surface area (Å²) in [5.41, 5.74) is -0.262. The number of nitrogens with zero attached hydrogens (tertiary/aromatic N) is 1. The predicted octanol–water partition coefficient (Wildman–Crippen LogP) is 2.82. The average molecular weight is 295 g/mol. The molecule has 0 radical (unpaired) electrons. The minimum Gasteiger partial charge on any atom is -0.477 e. The van der Waals surface area contributed by atoms with Crippen LogP contribution in [0.5, 0.6) is 0 Å². The Balaban J connectivity index is 2.26. The molecule has 2 N–H and O–H groups in total. The Labute approximate surface area is 118 Å². The maximum Gasteiger partial charge on any atom is 0.354 e. The maximum atomic E-state index is 13.7. The van der Waals surface area contributed by atoms with Crippen LogP contribution in [0.4, 0.5) is 10.1 Å². The molecule has 0 aliphatic rings. The Hall–Kier alpha value is -2.47. The molecule has 0 aliphatic heterocycles. The van der Waals surface area contributed by atoms with Gasteiger partial charge in [0.1, 0.15) is 5.69 Å². The fourth-order valence-corrected chi connectivity index (χ4v) is 1.68. The van der Waals surface area contributed by atoms with Crippen LogP contribution in [0.15, 0.2) is 36.5 Å². The third-order valence-corrected chi connectivity index (χ3v) is 2.73. The molecule has 2 rings (SSSR count). The third kappa shape index (κ3) is 2.92. The van der Waals surface area contributed by atoms with Gasteiger partial charge in [0.2, 0.25) is 0 Å². The molecule has 102 valence electrons. The lowest BCUT2D eigenvalue weighted by Crippen LogP contribution is -2.14. The van der Waals surface area contributed by atoms with Crippen LogP contribution < -0.4 is 5.32 Å². The first-order chi connectivity index (χ1) is 9.49. The van der Waals surface area contributed by atoms with E-state index in [1.807, 2.05) is 0 Å². The van der Waals surface area contributed by atoms with Gasteiger partial charge in [0, 0.05) is 11.9 Å². The molecule has 1 aromatic carbocycles. The summed E-state index contributed by atoms with van der Waals surface area (Å²) < 4.78 is 13.7. The van der Waals surface area contributed by atoms with Crippen LogP contribution in [-0.4, -0.2) is 22.0 Å². The SMILES string of the molecule is O=C(O)c1cc(NC(=O)c2cccc(Cl)c2F)ccn1. The van der Waals surface area contributed by atoms with Crippen LogP contribution in [0.25, 0.3) is 0 Å². The molecule has 1 amide bonds. The number of anilines is 1. The van der Waals surface area contributed by atoms with Crippen molar-refractivity contribution >= 4 is 29.2 Å². The van der Waals surface area contributed by atoms with Crippen LogP contribution in [0.2, 0.25) is 5.02 Å². The van der Waals surface area contributed by atoms with E-state index >= 15 is 0 Å². The van der Waals surface area contributed by atoms with Gasteiger partial charge in [-0.05, 0) is 24.3 Å². The van der Waals surface area contributed by atoms with Gasteiger partial charge in [0.05, 0.1) is 10.6 Å². The lowest BCUT2D eigenvalue weighted by Gasteiger charge is -2.07. The van der Waals surface area contributed by atoms with E-state index in [1.165, 1.54) is 36.5 Å². The molecule has 0 unspecified atom stereocenters. The van der Waals surface area contributed by atoms with E-state index in [-0.39, 0.29) is 22.0 Å². The third-order valence-electron chi connectivity index (χ3n) is 2.43. The highest BCUT2D eigenvalue weighted by atomic mass is 35.5. The molecular formula is C13H8ClFN2O3. The Kier molecular flexibility index (Phi) is 3.95. The summed E-state index contributed by atoms with van der Waals surface area (Å²) in [6.45, 7) is 0. The number of benzene rings is 1. The quantitative estimate of drug-likeness (QED) is 0.912. The van der Waals surface area contributed by atoms with E-state index in [1.54, 1.807) is 0 Å². The van der Waals surface area contributed by atoms with Gasteiger partial charge in [-0.2, -0.15) is 0 Å². The van der Waals surface area contributed by atoms with Crippen LogP contribution in [0.1, 0.15) is 20.8 Å². The van der Waals surface area contributed by atoms with Crippen LogP contribution in [0.3, 0.4) is 0 Å². The van der Waals surface area contributed by atoms with E-state index in [0.29, 0.717) is 0 Å². The van der Waals surface area contributed by atoms with Crippen molar-refractivity contribution in [1.29, 1.82) is 0 Å². The summed E-state index contributed by atoms with van der Waals surface area (Å²) in [5, 5.41) is 11.0. The number of halogens is 2. The van der Waals surface area contributed by atoms with Gasteiger partial charge in [-0.15, -0.1) is 0 Å².